The fraction of sp³-hybridized carbons (Fsp3) is 0.240. The minimum Gasteiger partial charge on any atom is -0.366 e. The summed E-state index contributed by atoms with van der Waals surface area (Å²) in [5.41, 5.74) is 1.09. The topological polar surface area (TPSA) is 60.9 Å². The van der Waals surface area contributed by atoms with Crippen molar-refractivity contribution in [3.8, 4) is 0 Å². The smallest absolute Gasteiger partial charge is 0.243 e. The van der Waals surface area contributed by atoms with Gasteiger partial charge in [0.2, 0.25) is 15.9 Å². The molecule has 1 fully saturated rings. The van der Waals surface area contributed by atoms with Crippen LogP contribution in [0.15, 0.2) is 76.1 Å². The van der Waals surface area contributed by atoms with Crippen LogP contribution in [0.5, 0.6) is 0 Å². The number of rotatable bonds is 7. The Hall–Kier alpha value is -2.17. The summed E-state index contributed by atoms with van der Waals surface area (Å²) in [6, 6.07) is 17.6. The lowest BCUT2D eigenvalue weighted by Gasteiger charge is -2.37. The van der Waals surface area contributed by atoms with Gasteiger partial charge < -0.3 is 9.80 Å². The Morgan fingerprint density at radius 1 is 0.944 bits per heavy atom. The summed E-state index contributed by atoms with van der Waals surface area (Å²) in [6.45, 7) is 1.19. The van der Waals surface area contributed by atoms with E-state index in [1.165, 1.54) is 18.2 Å². The molecule has 0 N–H and O–H groups in total. The molecule has 1 saturated heterocycles. The van der Waals surface area contributed by atoms with Crippen molar-refractivity contribution in [2.75, 3.05) is 37.6 Å². The van der Waals surface area contributed by atoms with Gasteiger partial charge in [0.15, 0.2) is 0 Å². The molecular formula is C25H23BrCl2FN3O3S. The second kappa shape index (κ2) is 11.5. The van der Waals surface area contributed by atoms with Crippen LogP contribution >= 0.6 is 39.1 Å². The number of amides is 1. The molecule has 1 heterocycles. The molecule has 1 aliphatic rings. The van der Waals surface area contributed by atoms with E-state index in [1.54, 1.807) is 53.4 Å². The van der Waals surface area contributed by atoms with E-state index in [0.717, 1.165) is 8.78 Å². The summed E-state index contributed by atoms with van der Waals surface area (Å²) in [4.78, 5) is 16.8. The zero-order valence-corrected chi connectivity index (χ0v) is 23.0. The molecule has 190 valence electrons. The van der Waals surface area contributed by atoms with Gasteiger partial charge in [-0.3, -0.25) is 4.79 Å². The van der Waals surface area contributed by atoms with E-state index in [2.05, 4.69) is 15.9 Å². The summed E-state index contributed by atoms with van der Waals surface area (Å²) < 4.78 is 43.1. The van der Waals surface area contributed by atoms with Gasteiger partial charge in [0.25, 0.3) is 0 Å². The van der Waals surface area contributed by atoms with E-state index in [-0.39, 0.29) is 29.7 Å². The van der Waals surface area contributed by atoms with Crippen LogP contribution in [0.4, 0.5) is 10.1 Å². The van der Waals surface area contributed by atoms with Gasteiger partial charge in [-0.05, 0) is 54.1 Å². The maximum Gasteiger partial charge on any atom is 0.243 e. The summed E-state index contributed by atoms with van der Waals surface area (Å²) in [7, 11) is -4.00. The van der Waals surface area contributed by atoms with Crippen LogP contribution < -0.4 is 4.90 Å². The Bertz CT molecular complexity index is 1350. The molecule has 6 nitrogen and oxygen atoms in total. The first-order valence-electron chi connectivity index (χ1n) is 11.1. The van der Waals surface area contributed by atoms with Crippen LogP contribution in [0.3, 0.4) is 0 Å². The molecular weight excluding hydrogens is 592 g/mol. The molecule has 4 rings (SSSR count). The molecule has 3 aromatic rings. The summed E-state index contributed by atoms with van der Waals surface area (Å²) in [6.07, 6.45) is 0. The number of anilines is 1. The Balaban J connectivity index is 1.52. The normalized spacial score (nSPS) is 14.4. The van der Waals surface area contributed by atoms with Gasteiger partial charge in [0.1, 0.15) is 5.82 Å². The SMILES string of the molecule is O=C(CN(Cc1ccc(Cl)c(Cl)c1)S(=O)(=O)c1ccc(Br)cc1)N1CCN(c2ccccc2F)CC1. The third kappa shape index (κ3) is 6.20. The Labute approximate surface area is 228 Å². The van der Waals surface area contributed by atoms with E-state index < -0.39 is 10.0 Å². The highest BCUT2D eigenvalue weighted by Crippen LogP contribution is 2.26. The first-order chi connectivity index (χ1) is 17.1. The number of carbonyl (C=O) groups is 1. The van der Waals surface area contributed by atoms with Crippen molar-refractivity contribution >= 4 is 60.7 Å². The average molecular weight is 615 g/mol. The van der Waals surface area contributed by atoms with Gasteiger partial charge in [-0.1, -0.05) is 57.3 Å². The van der Waals surface area contributed by atoms with E-state index in [4.69, 9.17) is 23.2 Å². The van der Waals surface area contributed by atoms with E-state index in [9.17, 15) is 17.6 Å². The number of piperazine rings is 1. The molecule has 0 aromatic heterocycles. The highest BCUT2D eigenvalue weighted by Gasteiger charge is 2.30. The first kappa shape index (κ1) is 26.9. The lowest BCUT2D eigenvalue weighted by molar-refractivity contribution is -0.131. The molecule has 0 unspecified atom stereocenters. The van der Waals surface area contributed by atoms with Crippen molar-refractivity contribution < 1.29 is 17.6 Å². The maximum absolute atomic E-state index is 14.2. The predicted molar refractivity (Wildman–Crippen MR) is 143 cm³/mol. The summed E-state index contributed by atoms with van der Waals surface area (Å²) in [5, 5.41) is 0.650. The van der Waals surface area contributed by atoms with Crippen molar-refractivity contribution in [2.24, 2.45) is 0 Å². The third-order valence-electron chi connectivity index (χ3n) is 5.93. The van der Waals surface area contributed by atoms with Crippen molar-refractivity contribution in [3.05, 3.63) is 92.6 Å². The number of carbonyl (C=O) groups excluding carboxylic acids is 1. The predicted octanol–water partition coefficient (Wildman–Crippen LogP) is 5.43. The number of hydrogen-bond acceptors (Lipinski definition) is 4. The molecule has 0 atom stereocenters. The zero-order valence-electron chi connectivity index (χ0n) is 19.1. The van der Waals surface area contributed by atoms with Crippen molar-refractivity contribution in [2.45, 2.75) is 11.4 Å². The molecule has 1 aliphatic heterocycles. The monoisotopic (exact) mass is 613 g/mol. The van der Waals surface area contributed by atoms with E-state index in [1.807, 2.05) is 4.90 Å². The van der Waals surface area contributed by atoms with Crippen LogP contribution in [0.25, 0.3) is 0 Å². The van der Waals surface area contributed by atoms with Gasteiger partial charge in [-0.15, -0.1) is 0 Å². The average Bonchev–Trinajstić information content (AvgIpc) is 2.86. The molecule has 0 bridgehead atoms. The number of halogens is 4. The minimum atomic E-state index is -4.00. The lowest BCUT2D eigenvalue weighted by atomic mass is 10.2. The standard InChI is InChI=1S/C25H23BrCl2FN3O3S/c26-19-6-8-20(9-7-19)36(34,35)32(16-18-5-10-21(27)22(28)15-18)17-25(33)31-13-11-30(12-14-31)24-4-2-1-3-23(24)29/h1-10,15H,11-14,16-17H2. The Morgan fingerprint density at radius 3 is 2.25 bits per heavy atom. The highest BCUT2D eigenvalue weighted by molar-refractivity contribution is 9.10. The summed E-state index contributed by atoms with van der Waals surface area (Å²) in [5.74, 6) is -0.644. The number of sulfonamides is 1. The van der Waals surface area contributed by atoms with Crippen LogP contribution in [0.2, 0.25) is 10.0 Å². The molecule has 11 heteroatoms. The van der Waals surface area contributed by atoms with Crippen LogP contribution in [0, 0.1) is 5.82 Å². The van der Waals surface area contributed by atoms with E-state index >= 15 is 0 Å². The van der Waals surface area contributed by atoms with Gasteiger partial charge in [0.05, 0.1) is 27.2 Å². The number of benzene rings is 3. The zero-order chi connectivity index (χ0) is 25.9. The van der Waals surface area contributed by atoms with Gasteiger partial charge in [0, 0.05) is 37.2 Å². The maximum atomic E-state index is 14.2. The highest BCUT2D eigenvalue weighted by atomic mass is 79.9. The second-order valence-corrected chi connectivity index (χ2v) is 12.0. The molecule has 0 radical (unpaired) electrons. The Morgan fingerprint density at radius 2 is 1.61 bits per heavy atom. The largest absolute Gasteiger partial charge is 0.366 e. The van der Waals surface area contributed by atoms with Crippen molar-refractivity contribution in [3.63, 3.8) is 0 Å². The van der Waals surface area contributed by atoms with Crippen molar-refractivity contribution in [1.29, 1.82) is 0 Å². The van der Waals surface area contributed by atoms with Gasteiger partial charge in [-0.25, -0.2) is 12.8 Å². The third-order valence-corrected chi connectivity index (χ3v) is 9.01. The molecule has 1 amide bonds. The Kier molecular flexibility index (Phi) is 8.57. The lowest BCUT2D eigenvalue weighted by Crippen LogP contribution is -2.52. The molecule has 0 spiro atoms. The minimum absolute atomic E-state index is 0.0593. The van der Waals surface area contributed by atoms with Gasteiger partial charge in [-0.2, -0.15) is 4.31 Å². The molecule has 0 aliphatic carbocycles. The van der Waals surface area contributed by atoms with Crippen LogP contribution in [0.1, 0.15) is 5.56 Å². The second-order valence-electron chi connectivity index (χ2n) is 8.29. The van der Waals surface area contributed by atoms with E-state index in [0.29, 0.717) is 47.5 Å². The van der Waals surface area contributed by atoms with Crippen molar-refractivity contribution in [1.82, 2.24) is 9.21 Å². The van der Waals surface area contributed by atoms with Crippen LogP contribution in [-0.2, 0) is 21.4 Å². The molecule has 3 aromatic carbocycles. The fourth-order valence-corrected chi connectivity index (χ4v) is 5.94. The number of nitrogens with zero attached hydrogens (tertiary/aromatic N) is 3. The van der Waals surface area contributed by atoms with Gasteiger partial charge >= 0.3 is 0 Å². The van der Waals surface area contributed by atoms with Crippen LogP contribution in [-0.4, -0.2) is 56.3 Å². The summed E-state index contributed by atoms with van der Waals surface area (Å²) >= 11 is 15.5. The molecule has 0 saturated carbocycles. The molecule has 36 heavy (non-hydrogen) atoms. The fourth-order valence-electron chi connectivity index (χ4n) is 3.98. The quantitative estimate of drug-likeness (QED) is 0.356. The number of para-hydroxylation sites is 1. The first-order valence-corrected chi connectivity index (χ1v) is 14.1. The number of hydrogen-bond donors (Lipinski definition) is 0.